The average Bonchev–Trinajstić information content (AvgIpc) is 2.65. The first-order valence-corrected chi connectivity index (χ1v) is 8.86. The number of esters is 1. The van der Waals surface area contributed by atoms with Crippen LogP contribution in [0.4, 0.5) is 5.95 Å². The molecule has 0 aliphatic carbocycles. The Balaban J connectivity index is 1.77. The lowest BCUT2D eigenvalue weighted by molar-refractivity contribution is -0.153. The van der Waals surface area contributed by atoms with Gasteiger partial charge in [0.25, 0.3) is 0 Å². The van der Waals surface area contributed by atoms with Crippen LogP contribution in [-0.4, -0.2) is 73.7 Å². The molecule has 0 radical (unpaired) electrons. The lowest BCUT2D eigenvalue weighted by atomic mass is 9.71. The van der Waals surface area contributed by atoms with Crippen molar-refractivity contribution in [2.24, 2.45) is 5.41 Å². The lowest BCUT2D eigenvalue weighted by Gasteiger charge is -2.47. The summed E-state index contributed by atoms with van der Waals surface area (Å²) in [6.45, 7) is 3.80. The highest BCUT2D eigenvalue weighted by Gasteiger charge is 2.48. The Bertz CT molecular complexity index is 700. The number of aryl methyl sites for hydroxylation is 1. The van der Waals surface area contributed by atoms with Crippen LogP contribution in [0, 0.1) is 12.3 Å². The number of carbonyl (C=O) groups excluding carboxylic acids is 2. The van der Waals surface area contributed by atoms with Gasteiger partial charge in [-0.05, 0) is 32.3 Å². The molecule has 0 saturated carbocycles. The molecule has 2 aliphatic rings. The van der Waals surface area contributed by atoms with Gasteiger partial charge in [-0.3, -0.25) is 4.79 Å². The summed E-state index contributed by atoms with van der Waals surface area (Å²) in [5.74, 6) is 0.239. The van der Waals surface area contributed by atoms with Crippen molar-refractivity contribution in [3.63, 3.8) is 0 Å². The van der Waals surface area contributed by atoms with E-state index in [4.69, 9.17) is 9.47 Å². The van der Waals surface area contributed by atoms with E-state index in [-0.39, 0.29) is 23.1 Å². The fourth-order valence-corrected chi connectivity index (χ4v) is 3.99. The summed E-state index contributed by atoms with van der Waals surface area (Å²) in [5, 5.41) is 0. The number of nitrogens with zero attached hydrogens (tertiary/aromatic N) is 4. The number of likely N-dealkylation sites (N-methyl/N-ethyl adjacent to an activating group) is 1. The molecule has 0 bridgehead atoms. The van der Waals surface area contributed by atoms with E-state index in [0.29, 0.717) is 31.3 Å². The number of likely N-dealkylation sites (tertiary alicyclic amines) is 1. The van der Waals surface area contributed by atoms with Gasteiger partial charge in [-0.1, -0.05) is 0 Å². The normalized spacial score (nSPS) is 22.6. The van der Waals surface area contributed by atoms with Crippen molar-refractivity contribution in [2.45, 2.75) is 32.3 Å². The topological polar surface area (TPSA) is 84.9 Å². The fourth-order valence-electron chi connectivity index (χ4n) is 3.99. The second kappa shape index (κ2) is 7.19. The molecule has 1 aromatic heterocycles. The van der Waals surface area contributed by atoms with Crippen LogP contribution in [0.25, 0.3) is 0 Å². The monoisotopic (exact) mass is 362 g/mol. The molecule has 0 aromatic carbocycles. The summed E-state index contributed by atoms with van der Waals surface area (Å²) in [6, 6.07) is 1.61. The van der Waals surface area contributed by atoms with Crippen molar-refractivity contribution >= 4 is 17.8 Å². The molecule has 2 aliphatic heterocycles. The minimum atomic E-state index is -0.475. The first-order chi connectivity index (χ1) is 12.4. The summed E-state index contributed by atoms with van der Waals surface area (Å²) in [4.78, 5) is 37.2. The Kier molecular flexibility index (Phi) is 5.13. The van der Waals surface area contributed by atoms with Crippen LogP contribution in [0.3, 0.4) is 0 Å². The van der Waals surface area contributed by atoms with Gasteiger partial charge < -0.3 is 19.3 Å². The number of anilines is 1. The Morgan fingerprint density at radius 3 is 2.58 bits per heavy atom. The SMILES string of the molecule is COC(=O)c1cc(C)nc(N2CCC3(CC2)CC(OC)CN(C)C3=O)n1. The van der Waals surface area contributed by atoms with Crippen molar-refractivity contribution in [3.8, 4) is 0 Å². The van der Waals surface area contributed by atoms with E-state index in [1.165, 1.54) is 7.11 Å². The molecule has 142 valence electrons. The number of aromatic nitrogens is 2. The van der Waals surface area contributed by atoms with E-state index in [2.05, 4.69) is 9.97 Å². The average molecular weight is 362 g/mol. The number of hydrogen-bond acceptors (Lipinski definition) is 7. The predicted octanol–water partition coefficient (Wildman–Crippen LogP) is 1.04. The summed E-state index contributed by atoms with van der Waals surface area (Å²) in [6.07, 6.45) is 2.27. The summed E-state index contributed by atoms with van der Waals surface area (Å²) in [5.41, 5.74) is 0.589. The maximum atomic E-state index is 12.8. The first kappa shape index (κ1) is 18.6. The Labute approximate surface area is 153 Å². The highest BCUT2D eigenvalue weighted by molar-refractivity contribution is 5.87. The number of carbonyl (C=O) groups is 2. The van der Waals surface area contributed by atoms with Gasteiger partial charge in [-0.2, -0.15) is 0 Å². The molecule has 3 heterocycles. The highest BCUT2D eigenvalue weighted by atomic mass is 16.5. The Morgan fingerprint density at radius 1 is 1.27 bits per heavy atom. The molecule has 8 nitrogen and oxygen atoms in total. The van der Waals surface area contributed by atoms with E-state index in [9.17, 15) is 9.59 Å². The minimum Gasteiger partial charge on any atom is -0.464 e. The van der Waals surface area contributed by atoms with Gasteiger partial charge in [-0.25, -0.2) is 14.8 Å². The zero-order valence-corrected chi connectivity index (χ0v) is 15.8. The molecule has 2 saturated heterocycles. The maximum Gasteiger partial charge on any atom is 0.356 e. The number of rotatable bonds is 3. The van der Waals surface area contributed by atoms with Gasteiger partial charge in [0, 0.05) is 39.5 Å². The first-order valence-electron chi connectivity index (χ1n) is 8.86. The van der Waals surface area contributed by atoms with E-state index in [1.807, 2.05) is 18.9 Å². The van der Waals surface area contributed by atoms with Crippen molar-refractivity contribution < 1.29 is 19.1 Å². The van der Waals surface area contributed by atoms with Crippen LogP contribution >= 0.6 is 0 Å². The van der Waals surface area contributed by atoms with Gasteiger partial charge in [0.05, 0.1) is 18.6 Å². The predicted molar refractivity (Wildman–Crippen MR) is 95.0 cm³/mol. The molecule has 8 heteroatoms. The van der Waals surface area contributed by atoms with Gasteiger partial charge >= 0.3 is 5.97 Å². The molecule has 26 heavy (non-hydrogen) atoms. The lowest BCUT2D eigenvalue weighted by Crippen LogP contribution is -2.56. The zero-order chi connectivity index (χ0) is 18.9. The van der Waals surface area contributed by atoms with Crippen LogP contribution < -0.4 is 4.90 Å². The van der Waals surface area contributed by atoms with E-state index < -0.39 is 5.97 Å². The number of hydrogen-bond donors (Lipinski definition) is 0. The molecule has 1 spiro atoms. The molecule has 1 atom stereocenters. The minimum absolute atomic E-state index is 0.0744. The summed E-state index contributed by atoms with van der Waals surface area (Å²) in [7, 11) is 4.88. The van der Waals surface area contributed by atoms with Crippen LogP contribution in [0.5, 0.6) is 0 Å². The third-order valence-corrected chi connectivity index (χ3v) is 5.47. The molecule has 2 fully saturated rings. The molecular formula is C18H26N4O4. The number of ether oxygens (including phenoxy) is 2. The quantitative estimate of drug-likeness (QED) is 0.743. The standard InChI is InChI=1S/C18H26N4O4/c1-12-9-14(15(23)26-4)20-17(19-12)22-7-5-18(6-8-22)10-13(25-3)11-21(2)16(18)24/h9,13H,5-8,10-11H2,1-4H3. The largest absolute Gasteiger partial charge is 0.464 e. The third-order valence-electron chi connectivity index (χ3n) is 5.47. The number of methoxy groups -OCH3 is 2. The molecule has 1 aromatic rings. The molecule has 3 rings (SSSR count). The van der Waals surface area contributed by atoms with E-state index in [0.717, 1.165) is 19.3 Å². The summed E-state index contributed by atoms with van der Waals surface area (Å²) >= 11 is 0. The van der Waals surface area contributed by atoms with Crippen molar-refractivity contribution in [1.29, 1.82) is 0 Å². The molecule has 1 amide bonds. The molecule has 1 unspecified atom stereocenters. The van der Waals surface area contributed by atoms with Crippen LogP contribution in [0.1, 0.15) is 35.4 Å². The number of amides is 1. The van der Waals surface area contributed by atoms with Crippen molar-refractivity contribution in [2.75, 3.05) is 45.8 Å². The van der Waals surface area contributed by atoms with Crippen molar-refractivity contribution in [3.05, 3.63) is 17.5 Å². The fraction of sp³-hybridized carbons (Fsp3) is 0.667. The van der Waals surface area contributed by atoms with Crippen LogP contribution in [-0.2, 0) is 14.3 Å². The highest BCUT2D eigenvalue weighted by Crippen LogP contribution is 2.41. The van der Waals surface area contributed by atoms with E-state index >= 15 is 0 Å². The van der Waals surface area contributed by atoms with Crippen LogP contribution in [0.2, 0.25) is 0 Å². The van der Waals surface area contributed by atoms with Gasteiger partial charge in [0.2, 0.25) is 11.9 Å². The number of piperidine rings is 2. The Morgan fingerprint density at radius 2 is 1.96 bits per heavy atom. The summed E-state index contributed by atoms with van der Waals surface area (Å²) < 4.78 is 10.3. The molecule has 0 N–H and O–H groups in total. The van der Waals surface area contributed by atoms with Crippen LogP contribution in [0.15, 0.2) is 6.07 Å². The smallest absolute Gasteiger partial charge is 0.356 e. The van der Waals surface area contributed by atoms with Gasteiger partial charge in [0.15, 0.2) is 5.69 Å². The third kappa shape index (κ3) is 3.38. The zero-order valence-electron chi connectivity index (χ0n) is 15.8. The van der Waals surface area contributed by atoms with Gasteiger partial charge in [-0.15, -0.1) is 0 Å². The van der Waals surface area contributed by atoms with Crippen molar-refractivity contribution in [1.82, 2.24) is 14.9 Å². The second-order valence-corrected chi connectivity index (χ2v) is 7.20. The maximum absolute atomic E-state index is 12.8. The Hall–Kier alpha value is -2.22. The second-order valence-electron chi connectivity index (χ2n) is 7.20. The van der Waals surface area contributed by atoms with E-state index in [1.54, 1.807) is 18.1 Å². The van der Waals surface area contributed by atoms with Gasteiger partial charge in [0.1, 0.15) is 0 Å². The molecular weight excluding hydrogens is 336 g/mol.